The molecule has 0 bridgehead atoms. The van der Waals surface area contributed by atoms with E-state index in [4.69, 9.17) is 37.9 Å². The molecule has 0 aliphatic carbocycles. The monoisotopic (exact) mass is 850 g/mol. The summed E-state index contributed by atoms with van der Waals surface area (Å²) in [6.45, 7) is 4.51. The number of benzene rings is 4. The molecule has 4 aromatic carbocycles. The van der Waals surface area contributed by atoms with Gasteiger partial charge >= 0.3 is 11.9 Å². The molecule has 0 N–H and O–H groups in total. The Balaban J connectivity index is 0.802. The summed E-state index contributed by atoms with van der Waals surface area (Å²) in [6, 6.07) is 28.7. The van der Waals surface area contributed by atoms with E-state index in [0.29, 0.717) is 35.8 Å². The zero-order valence-corrected chi connectivity index (χ0v) is 36.4. The minimum Gasteiger partial charge on any atom is -0.494 e. The summed E-state index contributed by atoms with van der Waals surface area (Å²) in [7, 11) is 0. The van der Waals surface area contributed by atoms with Gasteiger partial charge in [-0.3, -0.25) is 0 Å². The number of ether oxygens (including phenoxy) is 8. The second kappa shape index (κ2) is 27.3. The van der Waals surface area contributed by atoms with Crippen molar-refractivity contribution in [2.75, 3.05) is 39.6 Å². The van der Waals surface area contributed by atoms with E-state index in [0.717, 1.165) is 113 Å². The van der Waals surface area contributed by atoms with Gasteiger partial charge in [-0.25, -0.2) is 9.59 Å². The maximum Gasteiger partial charge on any atom is 0.343 e. The summed E-state index contributed by atoms with van der Waals surface area (Å²) in [4.78, 5) is 25.7. The summed E-state index contributed by atoms with van der Waals surface area (Å²) in [6.07, 6.45) is 20.3. The molecule has 10 heteroatoms. The van der Waals surface area contributed by atoms with Crippen molar-refractivity contribution in [1.29, 1.82) is 0 Å². The molecule has 334 valence electrons. The van der Waals surface area contributed by atoms with Crippen LogP contribution in [0.3, 0.4) is 0 Å². The van der Waals surface area contributed by atoms with Crippen LogP contribution < -0.4 is 18.9 Å². The van der Waals surface area contributed by atoms with Crippen LogP contribution in [0.4, 0.5) is 0 Å². The first kappa shape index (κ1) is 46.8. The van der Waals surface area contributed by atoms with E-state index in [9.17, 15) is 9.59 Å². The lowest BCUT2D eigenvalue weighted by molar-refractivity contribution is -0.163. The largest absolute Gasteiger partial charge is 0.494 e. The molecular formula is C52H66O10. The van der Waals surface area contributed by atoms with Crippen LogP contribution in [0.1, 0.15) is 136 Å². The van der Waals surface area contributed by atoms with Crippen molar-refractivity contribution in [2.24, 2.45) is 0 Å². The molecule has 2 saturated heterocycles. The van der Waals surface area contributed by atoms with Gasteiger partial charge in [0.2, 0.25) is 0 Å². The summed E-state index contributed by atoms with van der Waals surface area (Å²) in [5, 5.41) is 0. The fourth-order valence-electron chi connectivity index (χ4n) is 7.45. The molecule has 2 heterocycles. The van der Waals surface area contributed by atoms with E-state index in [1.54, 1.807) is 72.8 Å². The molecule has 2 atom stereocenters. The number of carbonyl (C=O) groups excluding carboxylic acids is 2. The third-order valence-corrected chi connectivity index (χ3v) is 11.1. The molecule has 4 aromatic rings. The van der Waals surface area contributed by atoms with Gasteiger partial charge in [0, 0.05) is 26.4 Å². The zero-order chi connectivity index (χ0) is 42.9. The highest BCUT2D eigenvalue weighted by molar-refractivity contribution is 5.92. The van der Waals surface area contributed by atoms with Crippen LogP contribution in [0.25, 0.3) is 11.1 Å². The van der Waals surface area contributed by atoms with Gasteiger partial charge in [-0.1, -0.05) is 75.6 Å². The molecule has 2 unspecified atom stereocenters. The Morgan fingerprint density at radius 1 is 0.403 bits per heavy atom. The summed E-state index contributed by atoms with van der Waals surface area (Å²) in [5.41, 5.74) is 2.76. The number of rotatable bonds is 27. The van der Waals surface area contributed by atoms with Crippen molar-refractivity contribution in [3.05, 3.63) is 108 Å². The van der Waals surface area contributed by atoms with Crippen LogP contribution in [0, 0.1) is 0 Å². The minimum atomic E-state index is -0.436. The predicted molar refractivity (Wildman–Crippen MR) is 240 cm³/mol. The second-order valence-electron chi connectivity index (χ2n) is 16.1. The predicted octanol–water partition coefficient (Wildman–Crippen LogP) is 12.3. The van der Waals surface area contributed by atoms with Gasteiger partial charge in [0.1, 0.15) is 23.0 Å². The fourth-order valence-corrected chi connectivity index (χ4v) is 7.45. The van der Waals surface area contributed by atoms with Gasteiger partial charge in [0.25, 0.3) is 0 Å². The van der Waals surface area contributed by atoms with Gasteiger partial charge in [-0.05, 0) is 148 Å². The summed E-state index contributed by atoms with van der Waals surface area (Å²) < 4.78 is 45.9. The van der Waals surface area contributed by atoms with Crippen LogP contribution in [-0.4, -0.2) is 64.2 Å². The molecule has 0 aromatic heterocycles. The standard InChI is InChI=1S/C52H66O10/c53-51(43-23-27-45(28-24-43)55-35-11-5-1-3-7-13-37-57-49-17-9-15-39-59-49)61-47-31-19-41(20-32-47)42-21-33-48(34-22-42)62-52(54)44-25-29-46(30-26-44)56-36-12-6-2-4-8-14-38-58-50-18-10-16-40-60-50/h19-34,49-50H,1-18,35-40H2. The Morgan fingerprint density at radius 3 is 1.10 bits per heavy atom. The quantitative estimate of drug-likeness (QED) is 0.0327. The second-order valence-corrected chi connectivity index (χ2v) is 16.1. The van der Waals surface area contributed by atoms with Crippen molar-refractivity contribution in [2.45, 2.75) is 128 Å². The van der Waals surface area contributed by atoms with Crippen LogP contribution >= 0.6 is 0 Å². The maximum absolute atomic E-state index is 12.8. The SMILES string of the molecule is O=C(Oc1ccc(-c2ccc(OC(=O)c3ccc(OCCCCCCCCOC4CCCCO4)cc3)cc2)cc1)c1ccc(OCCCCCCCCOC2CCCCO2)cc1. The third kappa shape index (κ3) is 17.2. The lowest BCUT2D eigenvalue weighted by Gasteiger charge is -2.22. The summed E-state index contributed by atoms with van der Waals surface area (Å²) in [5.74, 6) is 1.49. The van der Waals surface area contributed by atoms with Crippen LogP contribution in [-0.2, 0) is 18.9 Å². The number of unbranched alkanes of at least 4 members (excludes halogenated alkanes) is 10. The molecule has 0 amide bonds. The van der Waals surface area contributed by atoms with Crippen LogP contribution in [0.5, 0.6) is 23.0 Å². The molecule has 2 aliphatic heterocycles. The average molecular weight is 851 g/mol. The van der Waals surface area contributed by atoms with E-state index >= 15 is 0 Å². The van der Waals surface area contributed by atoms with E-state index in [1.807, 2.05) is 24.3 Å². The number of esters is 2. The molecule has 62 heavy (non-hydrogen) atoms. The van der Waals surface area contributed by atoms with Crippen LogP contribution in [0.2, 0.25) is 0 Å². The third-order valence-electron chi connectivity index (χ3n) is 11.1. The lowest BCUT2D eigenvalue weighted by atomic mass is 10.1. The van der Waals surface area contributed by atoms with E-state index < -0.39 is 11.9 Å². The average Bonchev–Trinajstić information content (AvgIpc) is 3.32. The minimum absolute atomic E-state index is 0.0106. The van der Waals surface area contributed by atoms with Gasteiger partial charge in [0.15, 0.2) is 12.6 Å². The molecule has 6 rings (SSSR count). The van der Waals surface area contributed by atoms with Crippen molar-refractivity contribution in [1.82, 2.24) is 0 Å². The Bertz CT molecular complexity index is 1690. The molecule has 10 nitrogen and oxygen atoms in total. The Kier molecular flexibility index (Phi) is 20.6. The highest BCUT2D eigenvalue weighted by atomic mass is 16.7. The first-order valence-electron chi connectivity index (χ1n) is 23.2. The zero-order valence-electron chi connectivity index (χ0n) is 36.4. The van der Waals surface area contributed by atoms with E-state index in [2.05, 4.69) is 0 Å². The van der Waals surface area contributed by atoms with Gasteiger partial charge in [0.05, 0.1) is 24.3 Å². The highest BCUT2D eigenvalue weighted by Crippen LogP contribution is 2.26. The highest BCUT2D eigenvalue weighted by Gasteiger charge is 2.15. The lowest BCUT2D eigenvalue weighted by Crippen LogP contribution is -2.22. The van der Waals surface area contributed by atoms with Gasteiger partial charge in [-0.2, -0.15) is 0 Å². The number of hydrogen-bond donors (Lipinski definition) is 0. The molecule has 0 spiro atoms. The maximum atomic E-state index is 12.8. The van der Waals surface area contributed by atoms with Gasteiger partial charge < -0.3 is 37.9 Å². The number of carbonyl (C=O) groups is 2. The van der Waals surface area contributed by atoms with Gasteiger partial charge in [-0.15, -0.1) is 0 Å². The van der Waals surface area contributed by atoms with Crippen molar-refractivity contribution >= 4 is 11.9 Å². The molecule has 2 aliphatic rings. The molecular weight excluding hydrogens is 785 g/mol. The van der Waals surface area contributed by atoms with E-state index in [-0.39, 0.29) is 12.6 Å². The van der Waals surface area contributed by atoms with Crippen molar-refractivity contribution in [3.8, 4) is 34.1 Å². The van der Waals surface area contributed by atoms with E-state index in [1.165, 1.54) is 51.4 Å². The normalized spacial score (nSPS) is 16.4. The Morgan fingerprint density at radius 2 is 0.742 bits per heavy atom. The summed E-state index contributed by atoms with van der Waals surface area (Å²) >= 11 is 0. The fraction of sp³-hybridized carbons (Fsp3) is 0.500. The van der Waals surface area contributed by atoms with Crippen LogP contribution in [0.15, 0.2) is 97.1 Å². The number of hydrogen-bond acceptors (Lipinski definition) is 10. The molecule has 2 fully saturated rings. The first-order valence-corrected chi connectivity index (χ1v) is 23.2. The first-order chi connectivity index (χ1) is 30.6. The van der Waals surface area contributed by atoms with Crippen molar-refractivity contribution < 1.29 is 47.5 Å². The molecule has 0 saturated carbocycles. The smallest absolute Gasteiger partial charge is 0.343 e. The van der Waals surface area contributed by atoms with Crippen molar-refractivity contribution in [3.63, 3.8) is 0 Å². The Labute approximate surface area is 368 Å². The topological polar surface area (TPSA) is 108 Å². The molecule has 0 radical (unpaired) electrons. The Hall–Kier alpha value is -4.74.